The van der Waals surface area contributed by atoms with Crippen molar-refractivity contribution in [1.29, 1.82) is 0 Å². The van der Waals surface area contributed by atoms with Crippen LogP contribution in [0.1, 0.15) is 2.85 Å². The number of hydrogen-bond acceptors (Lipinski definition) is 2. The second kappa shape index (κ2) is 6.71. The fraction of sp³-hybridized carbons (Fsp3) is 1.00. The molecule has 0 fully saturated rings. The Bertz CT molecular complexity index is 167. The predicted octanol–water partition coefficient (Wildman–Crippen LogP) is -6.47. The third kappa shape index (κ3) is 18.9. The Morgan fingerprint density at radius 2 is 1.09 bits per heavy atom. The van der Waals surface area contributed by atoms with Gasteiger partial charge in [0, 0.05) is 0 Å². The Morgan fingerprint density at radius 3 is 1.09 bits per heavy atom. The van der Waals surface area contributed by atoms with E-state index in [-0.39, 0.29) is 62.0 Å². The molecule has 0 spiro atoms. The Hall–Kier alpha value is 2.30. The molecular weight excluding hydrogens is 216 g/mol. The molecule has 0 radical (unpaired) electrons. The largest absolute Gasteiger partial charge is 1.00 e. The number of hydrogen-bond donors (Lipinski definition) is 4. The Balaban J connectivity index is -0.0000000533. The second-order valence-corrected chi connectivity index (χ2v) is 5.26. The smallest absolute Gasteiger partial charge is 1.00 e. The van der Waals surface area contributed by atoms with Crippen molar-refractivity contribution < 1.29 is 90.7 Å². The molecule has 0 amide bonds. The molecule has 0 aromatic rings. The van der Waals surface area contributed by atoms with Crippen LogP contribution in [0, 0.1) is 0 Å². The molecule has 0 aromatic carbocycles. The first kappa shape index (κ1) is 19.0. The van der Waals surface area contributed by atoms with Crippen LogP contribution in [-0.4, -0.2) is 25.5 Å². The maximum Gasteiger partial charge on any atom is 1.00 e. The summed E-state index contributed by atoms with van der Waals surface area (Å²) in [5, 5.41) is 0. The molecule has 0 aliphatic heterocycles. The quantitative estimate of drug-likeness (QED) is 0.274. The van der Waals surface area contributed by atoms with Gasteiger partial charge in [-0.1, -0.05) is 0 Å². The predicted molar refractivity (Wildman–Crippen MR) is 31.2 cm³/mol. The van der Waals surface area contributed by atoms with E-state index in [1.807, 2.05) is 0 Å². The summed E-state index contributed by atoms with van der Waals surface area (Å²) in [6.45, 7) is 0. The fourth-order valence-electron chi connectivity index (χ4n) is 0.240. The van der Waals surface area contributed by atoms with Crippen molar-refractivity contribution in [2.45, 2.75) is 0 Å². The zero-order chi connectivity index (χ0) is 7.71. The van der Waals surface area contributed by atoms with Crippen molar-refractivity contribution >= 4 is 15.2 Å². The van der Waals surface area contributed by atoms with Crippen LogP contribution in [0.5, 0.6) is 0 Å². The molecule has 0 saturated carbocycles. The first-order valence-corrected chi connectivity index (χ1v) is 5.39. The van der Waals surface area contributed by atoms with E-state index in [1.54, 1.807) is 0 Å². The van der Waals surface area contributed by atoms with Gasteiger partial charge >= 0.3 is 74.3 Å². The zero-order valence-electron chi connectivity index (χ0n) is 8.21. The molecule has 0 saturated heterocycles. The summed E-state index contributed by atoms with van der Waals surface area (Å²) in [6.07, 6.45) is 0. The van der Waals surface area contributed by atoms with E-state index < -0.39 is 21.1 Å². The van der Waals surface area contributed by atoms with Crippen LogP contribution < -0.4 is 59.1 Å². The molecule has 11 heavy (non-hydrogen) atoms. The molecule has 0 aromatic heterocycles. The van der Waals surface area contributed by atoms with E-state index in [0.717, 1.165) is 0 Å². The average molecular weight is 224 g/mol. The molecule has 6 nitrogen and oxygen atoms in total. The normalized spacial score (nSPS) is 11.3. The summed E-state index contributed by atoms with van der Waals surface area (Å²) in [5.41, 5.74) is 0. The van der Waals surface area contributed by atoms with Crippen molar-refractivity contribution in [1.82, 2.24) is 0 Å². The Kier molecular flexibility index (Phi) is 11.6. The van der Waals surface area contributed by atoms with Crippen molar-refractivity contribution in [3.8, 4) is 0 Å². The van der Waals surface area contributed by atoms with Crippen molar-refractivity contribution in [2.75, 3.05) is 5.90 Å². The monoisotopic (exact) mass is 224 g/mol. The van der Waals surface area contributed by atoms with Gasteiger partial charge in [-0.25, -0.2) is 0 Å². The molecule has 0 aliphatic carbocycles. The van der Waals surface area contributed by atoms with Gasteiger partial charge in [-0.05, 0) is 0 Å². The van der Waals surface area contributed by atoms with Crippen LogP contribution in [0.15, 0.2) is 0 Å². The molecule has 0 rings (SSSR count). The summed E-state index contributed by atoms with van der Waals surface area (Å²) in [4.78, 5) is 31.9. The summed E-state index contributed by atoms with van der Waals surface area (Å²) >= 11 is 0. The standard InChI is InChI=1S/CH6O6P2.2Na.2H/c2-8(3,4)1-9(5,6)7;;;;/h1H2,(H2,2,3,4)(H2,5,6,7);;;;/q;2*+1;2*-1. The first-order valence-electron chi connectivity index (χ1n) is 1.80. The van der Waals surface area contributed by atoms with E-state index in [1.165, 1.54) is 0 Å². The van der Waals surface area contributed by atoms with Gasteiger partial charge < -0.3 is 22.4 Å². The van der Waals surface area contributed by atoms with Crippen LogP contribution in [0.2, 0.25) is 0 Å². The van der Waals surface area contributed by atoms with Gasteiger partial charge in [0.2, 0.25) is 0 Å². The molecule has 10 heteroatoms. The maximum atomic E-state index is 9.85. The van der Waals surface area contributed by atoms with Crippen LogP contribution >= 0.6 is 15.2 Å². The van der Waals surface area contributed by atoms with E-state index in [0.29, 0.717) is 0 Å². The zero-order valence-corrected chi connectivity index (χ0v) is 12.0. The third-order valence-corrected chi connectivity index (χ3v) is 3.32. The van der Waals surface area contributed by atoms with Crippen molar-refractivity contribution in [3.05, 3.63) is 0 Å². The molecule has 0 heterocycles. The average Bonchev–Trinajstić information content (AvgIpc) is 1.14. The summed E-state index contributed by atoms with van der Waals surface area (Å²) in [5.74, 6) is -1.38. The SMILES string of the molecule is O=P(O)(O)CP(=O)(O)O.[H-].[H-].[Na+].[Na+]. The van der Waals surface area contributed by atoms with Crippen LogP contribution in [-0.2, 0) is 9.13 Å². The number of rotatable bonds is 2. The fourth-order valence-corrected chi connectivity index (χ4v) is 2.16. The second-order valence-electron chi connectivity index (χ2n) is 1.47. The van der Waals surface area contributed by atoms with Crippen LogP contribution in [0.4, 0.5) is 0 Å². The van der Waals surface area contributed by atoms with Gasteiger partial charge in [0.15, 0.2) is 5.90 Å². The molecule has 0 unspecified atom stereocenters. The van der Waals surface area contributed by atoms with Gasteiger partial charge in [0.05, 0.1) is 0 Å². The van der Waals surface area contributed by atoms with E-state index in [9.17, 15) is 9.13 Å². The van der Waals surface area contributed by atoms with Crippen LogP contribution in [0.25, 0.3) is 0 Å². The molecular formula is CH8Na2O6P2. The van der Waals surface area contributed by atoms with Crippen molar-refractivity contribution in [3.63, 3.8) is 0 Å². The molecule has 0 atom stereocenters. The van der Waals surface area contributed by atoms with Gasteiger partial charge in [-0.3, -0.25) is 9.13 Å². The van der Waals surface area contributed by atoms with E-state index in [4.69, 9.17) is 19.6 Å². The third-order valence-electron chi connectivity index (χ3n) is 0.368. The van der Waals surface area contributed by atoms with Gasteiger partial charge in [0.1, 0.15) is 0 Å². The first-order chi connectivity index (χ1) is 3.71. The van der Waals surface area contributed by atoms with Gasteiger partial charge in [-0.15, -0.1) is 0 Å². The van der Waals surface area contributed by atoms with Gasteiger partial charge in [-0.2, -0.15) is 0 Å². The summed E-state index contributed by atoms with van der Waals surface area (Å²) in [6, 6.07) is 0. The van der Waals surface area contributed by atoms with Crippen molar-refractivity contribution in [2.24, 2.45) is 0 Å². The summed E-state index contributed by atoms with van der Waals surface area (Å²) in [7, 11) is -9.10. The molecule has 4 N–H and O–H groups in total. The minimum absolute atomic E-state index is 0. The topological polar surface area (TPSA) is 115 Å². The van der Waals surface area contributed by atoms with E-state index >= 15 is 0 Å². The molecule has 60 valence electrons. The minimum Gasteiger partial charge on any atom is -1.00 e. The Morgan fingerprint density at radius 1 is 0.909 bits per heavy atom. The molecule has 0 aliphatic rings. The van der Waals surface area contributed by atoms with Gasteiger partial charge in [0.25, 0.3) is 0 Å². The summed E-state index contributed by atoms with van der Waals surface area (Å²) < 4.78 is 19.7. The van der Waals surface area contributed by atoms with Crippen LogP contribution in [0.3, 0.4) is 0 Å². The maximum absolute atomic E-state index is 9.85. The molecule has 0 bridgehead atoms. The van der Waals surface area contributed by atoms with E-state index in [2.05, 4.69) is 0 Å². The Labute approximate surface area is 111 Å². The minimum atomic E-state index is -4.55.